The summed E-state index contributed by atoms with van der Waals surface area (Å²) < 4.78 is 34.3. The summed E-state index contributed by atoms with van der Waals surface area (Å²) in [5.41, 5.74) is 1.67. The summed E-state index contributed by atoms with van der Waals surface area (Å²) in [5, 5.41) is 3.71. The van der Waals surface area contributed by atoms with Gasteiger partial charge in [-0.25, -0.2) is 8.42 Å². The Morgan fingerprint density at radius 2 is 1.63 bits per heavy atom. The van der Waals surface area contributed by atoms with Crippen molar-refractivity contribution in [3.05, 3.63) is 86.9 Å². The molecule has 0 heterocycles. The van der Waals surface area contributed by atoms with Crippen LogP contribution in [0.15, 0.2) is 65.6 Å². The number of anilines is 1. The van der Waals surface area contributed by atoms with E-state index in [0.717, 1.165) is 22.7 Å². The molecule has 0 saturated carbocycles. The zero-order valence-electron chi connectivity index (χ0n) is 24.6. The Balaban J connectivity index is 2.09. The fourth-order valence-corrected chi connectivity index (χ4v) is 6.42. The van der Waals surface area contributed by atoms with Gasteiger partial charge in [-0.2, -0.15) is 0 Å². The number of halogens is 3. The van der Waals surface area contributed by atoms with Crippen LogP contribution in [0.5, 0.6) is 5.75 Å². The SMILES string of the molecule is CCCCNC(=O)C(CC)N(Cc1ccc(Cl)c(Cl)c1)C(=O)CN(c1ccc(OC)c(Cl)c1)S(=O)(=O)c1ccc(C)cc1. The molecule has 2 amide bonds. The van der Waals surface area contributed by atoms with Crippen LogP contribution in [0.2, 0.25) is 15.1 Å². The maximum atomic E-state index is 14.2. The van der Waals surface area contributed by atoms with E-state index >= 15 is 0 Å². The molecule has 0 aliphatic rings. The van der Waals surface area contributed by atoms with E-state index in [4.69, 9.17) is 39.5 Å². The highest BCUT2D eigenvalue weighted by Gasteiger charge is 2.34. The van der Waals surface area contributed by atoms with Gasteiger partial charge in [-0.15, -0.1) is 0 Å². The van der Waals surface area contributed by atoms with Crippen molar-refractivity contribution in [2.45, 2.75) is 57.5 Å². The van der Waals surface area contributed by atoms with Gasteiger partial charge in [0.25, 0.3) is 10.0 Å². The van der Waals surface area contributed by atoms with Gasteiger partial charge in [-0.05, 0) is 67.8 Å². The van der Waals surface area contributed by atoms with E-state index in [2.05, 4.69) is 5.32 Å². The van der Waals surface area contributed by atoms with Crippen LogP contribution in [0.3, 0.4) is 0 Å². The van der Waals surface area contributed by atoms with Gasteiger partial charge >= 0.3 is 0 Å². The lowest BCUT2D eigenvalue weighted by molar-refractivity contribution is -0.140. The highest BCUT2D eigenvalue weighted by molar-refractivity contribution is 7.92. The van der Waals surface area contributed by atoms with Crippen LogP contribution in [-0.2, 0) is 26.2 Å². The molecule has 3 aromatic carbocycles. The Hall–Kier alpha value is -2.98. The Bertz CT molecular complexity index is 1530. The number of sulfonamides is 1. The third kappa shape index (κ3) is 8.79. The summed E-state index contributed by atoms with van der Waals surface area (Å²) in [6, 6.07) is 14.9. The molecule has 232 valence electrons. The second-order valence-electron chi connectivity index (χ2n) is 9.98. The van der Waals surface area contributed by atoms with Crippen LogP contribution < -0.4 is 14.4 Å². The van der Waals surface area contributed by atoms with Gasteiger partial charge < -0.3 is 15.0 Å². The standard InChI is InChI=1S/C31H36Cl3N3O5S/c1-5-7-16-35-31(39)28(6-2)36(19-22-10-14-25(32)26(33)17-22)30(38)20-37(23-11-15-29(42-4)27(34)18-23)43(40,41)24-12-8-21(3)9-13-24/h8-15,17-18,28H,5-7,16,19-20H2,1-4H3,(H,35,39). The Kier molecular flexibility index (Phi) is 12.6. The second-order valence-corrected chi connectivity index (χ2v) is 13.1. The van der Waals surface area contributed by atoms with E-state index in [1.165, 1.54) is 42.3 Å². The fraction of sp³-hybridized carbons (Fsp3) is 0.355. The first-order chi connectivity index (χ1) is 20.4. The predicted molar refractivity (Wildman–Crippen MR) is 173 cm³/mol. The minimum atomic E-state index is -4.24. The molecule has 0 fully saturated rings. The third-order valence-corrected chi connectivity index (χ3v) is 9.69. The lowest BCUT2D eigenvalue weighted by Gasteiger charge is -2.33. The molecule has 1 atom stereocenters. The lowest BCUT2D eigenvalue weighted by atomic mass is 10.1. The number of nitrogens with one attached hydrogen (secondary N) is 1. The number of amides is 2. The van der Waals surface area contributed by atoms with Gasteiger partial charge in [0.15, 0.2) is 0 Å². The number of aryl methyl sites for hydroxylation is 1. The number of benzene rings is 3. The van der Waals surface area contributed by atoms with Crippen LogP contribution in [0, 0.1) is 6.92 Å². The van der Waals surface area contributed by atoms with Crippen LogP contribution >= 0.6 is 34.8 Å². The van der Waals surface area contributed by atoms with Crippen molar-refractivity contribution in [3.63, 3.8) is 0 Å². The van der Waals surface area contributed by atoms with E-state index in [9.17, 15) is 18.0 Å². The van der Waals surface area contributed by atoms with E-state index in [1.54, 1.807) is 37.3 Å². The number of ether oxygens (including phenoxy) is 1. The Labute approximate surface area is 268 Å². The van der Waals surface area contributed by atoms with Crippen molar-refractivity contribution in [1.29, 1.82) is 0 Å². The monoisotopic (exact) mass is 667 g/mol. The molecule has 0 aliphatic carbocycles. The Morgan fingerprint density at radius 1 is 0.930 bits per heavy atom. The number of carbonyl (C=O) groups is 2. The molecule has 0 aromatic heterocycles. The smallest absolute Gasteiger partial charge is 0.264 e. The molecule has 3 rings (SSSR count). The van der Waals surface area contributed by atoms with E-state index in [1.807, 2.05) is 13.8 Å². The van der Waals surface area contributed by atoms with Gasteiger partial charge in [-0.1, -0.05) is 78.8 Å². The maximum Gasteiger partial charge on any atom is 0.264 e. The molecule has 3 aromatic rings. The zero-order chi connectivity index (χ0) is 31.7. The molecule has 0 radical (unpaired) electrons. The third-order valence-electron chi connectivity index (χ3n) is 6.86. The van der Waals surface area contributed by atoms with Gasteiger partial charge in [0.1, 0.15) is 18.3 Å². The second kappa shape index (κ2) is 15.7. The topological polar surface area (TPSA) is 96.0 Å². The Morgan fingerprint density at radius 3 is 2.21 bits per heavy atom. The molecule has 8 nitrogen and oxygen atoms in total. The molecule has 0 bridgehead atoms. The number of rotatable bonds is 14. The first-order valence-electron chi connectivity index (χ1n) is 13.9. The highest BCUT2D eigenvalue weighted by Crippen LogP contribution is 2.32. The van der Waals surface area contributed by atoms with E-state index < -0.39 is 28.5 Å². The number of hydrogen-bond donors (Lipinski definition) is 1. The summed E-state index contributed by atoms with van der Waals surface area (Å²) in [5.74, 6) is -0.573. The van der Waals surface area contributed by atoms with Crippen molar-refractivity contribution in [1.82, 2.24) is 10.2 Å². The van der Waals surface area contributed by atoms with Crippen molar-refractivity contribution in [3.8, 4) is 5.75 Å². The minimum Gasteiger partial charge on any atom is -0.495 e. The highest BCUT2D eigenvalue weighted by atomic mass is 35.5. The molecule has 43 heavy (non-hydrogen) atoms. The van der Waals surface area contributed by atoms with Crippen molar-refractivity contribution in [2.75, 3.05) is 24.5 Å². The van der Waals surface area contributed by atoms with Gasteiger partial charge in [0.05, 0.1) is 32.8 Å². The molecular weight excluding hydrogens is 633 g/mol. The number of hydrogen-bond acceptors (Lipinski definition) is 5. The normalized spacial score (nSPS) is 12.0. The largest absolute Gasteiger partial charge is 0.495 e. The summed E-state index contributed by atoms with van der Waals surface area (Å²) in [4.78, 5) is 28.9. The zero-order valence-corrected chi connectivity index (χ0v) is 27.7. The number of carbonyl (C=O) groups excluding carboxylic acids is 2. The number of unbranched alkanes of at least 4 members (excludes halogenated alkanes) is 1. The molecule has 1 N–H and O–H groups in total. The van der Waals surface area contributed by atoms with Crippen LogP contribution in [0.1, 0.15) is 44.2 Å². The first-order valence-corrected chi connectivity index (χ1v) is 16.4. The van der Waals surface area contributed by atoms with Gasteiger partial charge in [-0.3, -0.25) is 13.9 Å². The van der Waals surface area contributed by atoms with Crippen molar-refractivity contribution < 1.29 is 22.7 Å². The predicted octanol–water partition coefficient (Wildman–Crippen LogP) is 6.88. The summed E-state index contributed by atoms with van der Waals surface area (Å²) in [7, 11) is -2.80. The number of methoxy groups -OCH3 is 1. The molecule has 12 heteroatoms. The van der Waals surface area contributed by atoms with Gasteiger partial charge in [0, 0.05) is 13.1 Å². The lowest BCUT2D eigenvalue weighted by Crippen LogP contribution is -2.52. The molecule has 0 aliphatic heterocycles. The summed E-state index contributed by atoms with van der Waals surface area (Å²) >= 11 is 18.7. The minimum absolute atomic E-state index is 0.00164. The van der Waals surface area contributed by atoms with E-state index in [0.29, 0.717) is 34.3 Å². The molecule has 1 unspecified atom stereocenters. The fourth-order valence-electron chi connectivity index (χ4n) is 4.44. The summed E-state index contributed by atoms with van der Waals surface area (Å²) in [6.07, 6.45) is 1.97. The average molecular weight is 669 g/mol. The van der Waals surface area contributed by atoms with Crippen LogP contribution in [-0.4, -0.2) is 51.4 Å². The van der Waals surface area contributed by atoms with Crippen molar-refractivity contribution >= 4 is 62.3 Å². The van der Waals surface area contributed by atoms with Crippen molar-refractivity contribution in [2.24, 2.45) is 0 Å². The van der Waals surface area contributed by atoms with E-state index in [-0.39, 0.29) is 28.1 Å². The summed E-state index contributed by atoms with van der Waals surface area (Å²) in [6.45, 7) is 5.51. The van der Waals surface area contributed by atoms with Crippen LogP contribution in [0.25, 0.3) is 0 Å². The molecular formula is C31H36Cl3N3O5S. The first kappa shape index (κ1) is 34.5. The van der Waals surface area contributed by atoms with Crippen LogP contribution in [0.4, 0.5) is 5.69 Å². The number of nitrogens with zero attached hydrogens (tertiary/aromatic N) is 2. The molecule has 0 spiro atoms. The quantitative estimate of drug-likeness (QED) is 0.189. The molecule has 0 saturated heterocycles. The average Bonchev–Trinajstić information content (AvgIpc) is 2.97. The van der Waals surface area contributed by atoms with Gasteiger partial charge in [0.2, 0.25) is 11.8 Å². The maximum absolute atomic E-state index is 14.2.